The lowest BCUT2D eigenvalue weighted by molar-refractivity contribution is -0.117. The Morgan fingerprint density at radius 1 is 1.14 bits per heavy atom. The van der Waals surface area contributed by atoms with Crippen molar-refractivity contribution >= 4 is 17.5 Å². The first-order valence-corrected chi connectivity index (χ1v) is 9.35. The molecule has 2 aromatic carbocycles. The van der Waals surface area contributed by atoms with E-state index >= 15 is 0 Å². The molecule has 28 heavy (non-hydrogen) atoms. The maximum Gasteiger partial charge on any atom is 0.253 e. The summed E-state index contributed by atoms with van der Waals surface area (Å²) in [6, 6.07) is 16.9. The molecule has 1 fully saturated rings. The Morgan fingerprint density at radius 3 is 2.68 bits per heavy atom. The standard InChI is InChI=1S/C22H22N4O2/c1-25(14-16-13-23-26(15-16)20-8-3-2-4-9-20)22(28)18-6-5-7-19(12-18)24-21(27)17-10-11-17/h2-9,12-13,15,17H,10-11,14H2,1H3,(H,24,27). The van der Waals surface area contributed by atoms with Crippen LogP contribution in [0.2, 0.25) is 0 Å². The van der Waals surface area contributed by atoms with Crippen LogP contribution in [0, 0.1) is 5.92 Å². The van der Waals surface area contributed by atoms with Gasteiger partial charge in [0.2, 0.25) is 5.91 Å². The fourth-order valence-corrected chi connectivity index (χ4v) is 3.05. The zero-order valence-corrected chi connectivity index (χ0v) is 15.7. The van der Waals surface area contributed by atoms with Gasteiger partial charge in [-0.3, -0.25) is 9.59 Å². The number of nitrogens with zero attached hydrogens (tertiary/aromatic N) is 3. The Balaban J connectivity index is 1.42. The second-order valence-corrected chi connectivity index (χ2v) is 7.13. The van der Waals surface area contributed by atoms with E-state index in [4.69, 9.17) is 0 Å². The predicted molar refractivity (Wildman–Crippen MR) is 107 cm³/mol. The molecular formula is C22H22N4O2. The summed E-state index contributed by atoms with van der Waals surface area (Å²) in [7, 11) is 1.76. The van der Waals surface area contributed by atoms with E-state index in [1.54, 1.807) is 47.1 Å². The van der Waals surface area contributed by atoms with Crippen LogP contribution in [0.25, 0.3) is 5.69 Å². The third kappa shape index (κ3) is 4.11. The van der Waals surface area contributed by atoms with Crippen LogP contribution in [0.1, 0.15) is 28.8 Å². The van der Waals surface area contributed by atoms with Crippen LogP contribution >= 0.6 is 0 Å². The summed E-state index contributed by atoms with van der Waals surface area (Å²) >= 11 is 0. The number of amides is 2. The third-order valence-corrected chi connectivity index (χ3v) is 4.75. The predicted octanol–water partition coefficient (Wildman–Crippen LogP) is 3.49. The molecule has 1 N–H and O–H groups in total. The molecule has 4 rings (SSSR count). The number of para-hydroxylation sites is 1. The summed E-state index contributed by atoms with van der Waals surface area (Å²) < 4.78 is 1.79. The van der Waals surface area contributed by atoms with Crippen LogP contribution in [-0.4, -0.2) is 33.5 Å². The summed E-state index contributed by atoms with van der Waals surface area (Å²) in [6.07, 6.45) is 5.59. The molecule has 1 heterocycles. The van der Waals surface area contributed by atoms with E-state index in [9.17, 15) is 9.59 Å². The van der Waals surface area contributed by atoms with Gasteiger partial charge < -0.3 is 10.2 Å². The summed E-state index contributed by atoms with van der Waals surface area (Å²) in [5.41, 5.74) is 3.12. The minimum Gasteiger partial charge on any atom is -0.337 e. The minimum atomic E-state index is -0.102. The van der Waals surface area contributed by atoms with Crippen LogP contribution in [0.15, 0.2) is 67.0 Å². The van der Waals surface area contributed by atoms with Crippen molar-refractivity contribution in [2.45, 2.75) is 19.4 Å². The molecule has 6 heteroatoms. The molecule has 0 spiro atoms. The molecule has 0 bridgehead atoms. The largest absolute Gasteiger partial charge is 0.337 e. The lowest BCUT2D eigenvalue weighted by atomic mass is 10.1. The normalized spacial score (nSPS) is 13.2. The molecule has 2 amide bonds. The van der Waals surface area contributed by atoms with E-state index in [-0.39, 0.29) is 17.7 Å². The molecular weight excluding hydrogens is 352 g/mol. The first-order chi connectivity index (χ1) is 13.6. The fourth-order valence-electron chi connectivity index (χ4n) is 3.05. The number of nitrogens with one attached hydrogen (secondary N) is 1. The van der Waals surface area contributed by atoms with E-state index in [2.05, 4.69) is 10.4 Å². The number of benzene rings is 2. The smallest absolute Gasteiger partial charge is 0.253 e. The maximum atomic E-state index is 12.8. The molecule has 0 unspecified atom stereocenters. The summed E-state index contributed by atoms with van der Waals surface area (Å²) in [4.78, 5) is 26.4. The summed E-state index contributed by atoms with van der Waals surface area (Å²) in [5.74, 6) is 0.0597. The number of carbonyl (C=O) groups excluding carboxylic acids is 2. The number of anilines is 1. The monoisotopic (exact) mass is 374 g/mol. The molecule has 1 aliphatic carbocycles. The van der Waals surface area contributed by atoms with Gasteiger partial charge >= 0.3 is 0 Å². The van der Waals surface area contributed by atoms with Crippen LogP contribution in [-0.2, 0) is 11.3 Å². The van der Waals surface area contributed by atoms with Gasteiger partial charge in [-0.15, -0.1) is 0 Å². The molecule has 0 saturated heterocycles. The van der Waals surface area contributed by atoms with Gasteiger partial charge in [-0.25, -0.2) is 4.68 Å². The lowest BCUT2D eigenvalue weighted by Gasteiger charge is -2.17. The highest BCUT2D eigenvalue weighted by Gasteiger charge is 2.29. The Kier molecular flexibility index (Phi) is 4.93. The molecule has 1 aromatic heterocycles. The van der Waals surface area contributed by atoms with Gasteiger partial charge in [0, 0.05) is 42.5 Å². The molecule has 1 saturated carbocycles. The first kappa shape index (κ1) is 18.0. The van der Waals surface area contributed by atoms with Crippen molar-refractivity contribution < 1.29 is 9.59 Å². The minimum absolute atomic E-state index is 0.0336. The highest BCUT2D eigenvalue weighted by atomic mass is 16.2. The van der Waals surface area contributed by atoms with Gasteiger partial charge in [0.15, 0.2) is 0 Å². The van der Waals surface area contributed by atoms with E-state index in [0.29, 0.717) is 17.8 Å². The Hall–Kier alpha value is -3.41. The topological polar surface area (TPSA) is 67.2 Å². The van der Waals surface area contributed by atoms with Crippen molar-refractivity contribution in [1.29, 1.82) is 0 Å². The molecule has 3 aromatic rings. The first-order valence-electron chi connectivity index (χ1n) is 9.35. The molecule has 0 atom stereocenters. The van der Waals surface area contributed by atoms with Crippen molar-refractivity contribution in [1.82, 2.24) is 14.7 Å². The van der Waals surface area contributed by atoms with Crippen molar-refractivity contribution in [3.8, 4) is 5.69 Å². The number of aromatic nitrogens is 2. The van der Waals surface area contributed by atoms with Crippen molar-refractivity contribution in [3.05, 3.63) is 78.1 Å². The number of hydrogen-bond donors (Lipinski definition) is 1. The van der Waals surface area contributed by atoms with Crippen molar-refractivity contribution in [2.24, 2.45) is 5.92 Å². The van der Waals surface area contributed by atoms with E-state index in [1.807, 2.05) is 36.5 Å². The van der Waals surface area contributed by atoms with Gasteiger partial charge in [-0.2, -0.15) is 5.10 Å². The van der Waals surface area contributed by atoms with Crippen LogP contribution in [0.5, 0.6) is 0 Å². The van der Waals surface area contributed by atoms with Gasteiger partial charge in [-0.1, -0.05) is 24.3 Å². The Bertz CT molecular complexity index is 993. The van der Waals surface area contributed by atoms with Gasteiger partial charge in [0.25, 0.3) is 5.91 Å². The van der Waals surface area contributed by atoms with Crippen molar-refractivity contribution in [2.75, 3.05) is 12.4 Å². The van der Waals surface area contributed by atoms with Gasteiger partial charge in [0.1, 0.15) is 0 Å². The average Bonchev–Trinajstić information content (AvgIpc) is 3.48. The second kappa shape index (κ2) is 7.68. The Morgan fingerprint density at radius 2 is 1.93 bits per heavy atom. The highest BCUT2D eigenvalue weighted by molar-refractivity contribution is 5.98. The molecule has 142 valence electrons. The summed E-state index contributed by atoms with van der Waals surface area (Å²) in [6.45, 7) is 0.449. The average molecular weight is 374 g/mol. The number of hydrogen-bond acceptors (Lipinski definition) is 3. The van der Waals surface area contributed by atoms with Gasteiger partial charge in [-0.05, 0) is 43.2 Å². The SMILES string of the molecule is CN(Cc1cnn(-c2ccccc2)c1)C(=O)c1cccc(NC(=O)C2CC2)c1. The van der Waals surface area contributed by atoms with Crippen molar-refractivity contribution in [3.63, 3.8) is 0 Å². The van der Waals surface area contributed by atoms with E-state index in [0.717, 1.165) is 24.1 Å². The number of carbonyl (C=O) groups is 2. The third-order valence-electron chi connectivity index (χ3n) is 4.75. The number of rotatable bonds is 6. The highest BCUT2D eigenvalue weighted by Crippen LogP contribution is 2.30. The van der Waals surface area contributed by atoms with Crippen LogP contribution in [0.3, 0.4) is 0 Å². The Labute approximate surface area is 163 Å². The zero-order valence-electron chi connectivity index (χ0n) is 15.7. The quantitative estimate of drug-likeness (QED) is 0.718. The lowest BCUT2D eigenvalue weighted by Crippen LogP contribution is -2.26. The second-order valence-electron chi connectivity index (χ2n) is 7.13. The zero-order chi connectivity index (χ0) is 19.5. The van der Waals surface area contributed by atoms with Gasteiger partial charge in [0.05, 0.1) is 11.9 Å². The fraction of sp³-hybridized carbons (Fsp3) is 0.227. The summed E-state index contributed by atoms with van der Waals surface area (Å²) in [5, 5.41) is 7.26. The van der Waals surface area contributed by atoms with E-state index in [1.165, 1.54) is 0 Å². The maximum absolute atomic E-state index is 12.8. The molecule has 1 aliphatic rings. The molecule has 6 nitrogen and oxygen atoms in total. The van der Waals surface area contributed by atoms with Crippen LogP contribution in [0.4, 0.5) is 5.69 Å². The van der Waals surface area contributed by atoms with E-state index < -0.39 is 0 Å². The molecule has 0 radical (unpaired) electrons. The van der Waals surface area contributed by atoms with Crippen LogP contribution < -0.4 is 5.32 Å². The molecule has 0 aliphatic heterocycles.